The maximum absolute atomic E-state index is 13.3. The maximum atomic E-state index is 13.3. The van der Waals surface area contributed by atoms with Crippen LogP contribution < -0.4 is 26.7 Å². The maximum Gasteiger partial charge on any atom is 0.293 e. The van der Waals surface area contributed by atoms with Crippen LogP contribution in [0.25, 0.3) is 43.6 Å². The van der Waals surface area contributed by atoms with E-state index in [1.807, 2.05) is 24.3 Å². The van der Waals surface area contributed by atoms with E-state index < -0.39 is 4.92 Å². The van der Waals surface area contributed by atoms with Gasteiger partial charge in [0.1, 0.15) is 10.9 Å². The van der Waals surface area contributed by atoms with Crippen LogP contribution >= 0.6 is 0 Å². The molecule has 0 amide bonds. The number of anilines is 2. The lowest BCUT2D eigenvalue weighted by atomic mass is 10.1. The lowest BCUT2D eigenvalue weighted by molar-refractivity contribution is -0.383. The Morgan fingerprint density at radius 1 is 0.638 bits per heavy atom. The second-order valence-electron chi connectivity index (χ2n) is 11.1. The van der Waals surface area contributed by atoms with E-state index >= 15 is 0 Å². The highest BCUT2D eigenvalue weighted by atomic mass is 16.6. The Hall–Kier alpha value is -5.66. The zero-order valence-corrected chi connectivity index (χ0v) is 25.5. The minimum Gasteiger partial charge on any atom is -0.384 e. The monoisotopic (exact) mass is 634 g/mol. The van der Waals surface area contributed by atoms with E-state index in [9.17, 15) is 25.0 Å². The molecule has 0 unspecified atom stereocenters. The van der Waals surface area contributed by atoms with Crippen LogP contribution in [-0.4, -0.2) is 59.1 Å². The van der Waals surface area contributed by atoms with Crippen LogP contribution in [0.4, 0.5) is 22.7 Å². The molecule has 0 atom stereocenters. The Morgan fingerprint density at radius 2 is 1.30 bits per heavy atom. The summed E-state index contributed by atoms with van der Waals surface area (Å²) in [6.45, 7) is 4.29. The van der Waals surface area contributed by atoms with Crippen LogP contribution in [0.2, 0.25) is 0 Å². The molecule has 0 aliphatic rings. The SMILES string of the molecule is O=c1c2ccccc2[nH]c2c([N+](=O)[O-])ccc(NCCCNCCNCCCNc3c4ccccc4nc4cccc([N+](=O)[O-])c34)c12. The quantitative estimate of drug-likeness (QED) is 0.0408. The van der Waals surface area contributed by atoms with Crippen molar-refractivity contribution in [2.75, 3.05) is 49.9 Å². The molecule has 0 aliphatic heterocycles. The highest BCUT2D eigenvalue weighted by Crippen LogP contribution is 2.36. The largest absolute Gasteiger partial charge is 0.384 e. The van der Waals surface area contributed by atoms with Gasteiger partial charge in [-0.25, -0.2) is 4.98 Å². The summed E-state index contributed by atoms with van der Waals surface area (Å²) in [5.41, 5.74) is 3.09. The highest BCUT2D eigenvalue weighted by molar-refractivity contribution is 6.11. The van der Waals surface area contributed by atoms with Crippen molar-refractivity contribution in [3.63, 3.8) is 0 Å². The number of aromatic amines is 1. The molecule has 0 bridgehead atoms. The molecule has 13 nitrogen and oxygen atoms in total. The van der Waals surface area contributed by atoms with Gasteiger partial charge in [0, 0.05) is 60.3 Å². The van der Waals surface area contributed by atoms with Crippen LogP contribution in [0.1, 0.15) is 12.8 Å². The molecular weight excluding hydrogens is 600 g/mol. The number of benzene rings is 4. The first kappa shape index (κ1) is 31.3. The van der Waals surface area contributed by atoms with E-state index in [4.69, 9.17) is 0 Å². The summed E-state index contributed by atoms with van der Waals surface area (Å²) in [4.78, 5) is 43.5. The molecule has 2 aromatic heterocycles. The topological polar surface area (TPSA) is 180 Å². The van der Waals surface area contributed by atoms with Crippen LogP contribution in [-0.2, 0) is 0 Å². The third kappa shape index (κ3) is 6.66. The smallest absolute Gasteiger partial charge is 0.293 e. The number of nitrogens with zero attached hydrogens (tertiary/aromatic N) is 3. The Morgan fingerprint density at radius 3 is 2.04 bits per heavy atom. The third-order valence-corrected chi connectivity index (χ3v) is 8.08. The van der Waals surface area contributed by atoms with E-state index in [-0.39, 0.29) is 32.6 Å². The number of aromatic nitrogens is 2. The zero-order valence-electron chi connectivity index (χ0n) is 25.5. The van der Waals surface area contributed by atoms with Gasteiger partial charge in [-0.3, -0.25) is 25.0 Å². The summed E-state index contributed by atoms with van der Waals surface area (Å²) >= 11 is 0. The van der Waals surface area contributed by atoms with Crippen LogP contribution in [0, 0.1) is 20.2 Å². The molecule has 5 N–H and O–H groups in total. The number of rotatable bonds is 15. The molecule has 0 spiro atoms. The van der Waals surface area contributed by atoms with Gasteiger partial charge in [0.25, 0.3) is 11.4 Å². The molecule has 240 valence electrons. The number of hydrogen-bond acceptors (Lipinski definition) is 10. The fourth-order valence-corrected chi connectivity index (χ4v) is 5.86. The second kappa shape index (κ2) is 14.2. The number of pyridine rings is 2. The summed E-state index contributed by atoms with van der Waals surface area (Å²) in [5, 5.41) is 39.1. The number of nitrogens with one attached hydrogen (secondary N) is 5. The van der Waals surface area contributed by atoms with Gasteiger partial charge in [-0.05, 0) is 56.3 Å². The average Bonchev–Trinajstić information content (AvgIpc) is 3.07. The van der Waals surface area contributed by atoms with Crippen molar-refractivity contribution < 1.29 is 9.85 Å². The number of nitro benzene ring substituents is 2. The van der Waals surface area contributed by atoms with E-state index in [0.717, 1.165) is 55.6 Å². The average molecular weight is 635 g/mol. The number of fused-ring (bicyclic) bond motifs is 4. The van der Waals surface area contributed by atoms with Crippen LogP contribution in [0.3, 0.4) is 0 Å². The van der Waals surface area contributed by atoms with E-state index in [1.54, 1.807) is 42.5 Å². The Kier molecular flexibility index (Phi) is 9.46. The van der Waals surface area contributed by atoms with E-state index in [1.165, 1.54) is 12.1 Å². The predicted molar refractivity (Wildman–Crippen MR) is 187 cm³/mol. The number of para-hydroxylation sites is 2. The number of H-pyrrole nitrogens is 1. The highest BCUT2D eigenvalue weighted by Gasteiger charge is 2.20. The van der Waals surface area contributed by atoms with Crippen molar-refractivity contribution in [2.45, 2.75) is 12.8 Å². The first-order chi connectivity index (χ1) is 22.9. The van der Waals surface area contributed by atoms with E-state index in [0.29, 0.717) is 40.6 Å². The summed E-state index contributed by atoms with van der Waals surface area (Å²) in [6, 6.07) is 22.6. The lowest BCUT2D eigenvalue weighted by Gasteiger charge is -2.14. The summed E-state index contributed by atoms with van der Waals surface area (Å²) in [7, 11) is 0. The lowest BCUT2D eigenvalue weighted by Crippen LogP contribution is -2.29. The molecule has 47 heavy (non-hydrogen) atoms. The van der Waals surface area contributed by atoms with Gasteiger partial charge in [-0.15, -0.1) is 0 Å². The molecule has 0 aliphatic carbocycles. The minimum absolute atomic E-state index is 0.0334. The van der Waals surface area contributed by atoms with Gasteiger partial charge >= 0.3 is 0 Å². The van der Waals surface area contributed by atoms with E-state index in [2.05, 4.69) is 31.2 Å². The number of hydrogen-bond donors (Lipinski definition) is 5. The van der Waals surface area contributed by atoms with Gasteiger partial charge in [-0.1, -0.05) is 36.4 Å². The molecule has 4 aromatic carbocycles. The first-order valence-corrected chi connectivity index (χ1v) is 15.5. The van der Waals surface area contributed by atoms with Crippen molar-refractivity contribution in [3.8, 4) is 0 Å². The number of non-ortho nitro benzene ring substituents is 2. The molecule has 6 rings (SSSR count). The summed E-state index contributed by atoms with van der Waals surface area (Å²) < 4.78 is 0. The predicted octanol–water partition coefficient (Wildman–Crippen LogP) is 5.68. The van der Waals surface area contributed by atoms with Crippen LogP contribution in [0.15, 0.2) is 83.7 Å². The van der Waals surface area contributed by atoms with Crippen molar-refractivity contribution in [2.24, 2.45) is 0 Å². The minimum atomic E-state index is -0.482. The Bertz CT molecular complexity index is 2170. The zero-order chi connectivity index (χ0) is 32.8. The van der Waals surface area contributed by atoms with Crippen molar-refractivity contribution in [3.05, 3.63) is 109 Å². The van der Waals surface area contributed by atoms with Gasteiger partial charge < -0.3 is 26.3 Å². The van der Waals surface area contributed by atoms with Gasteiger partial charge in [0.05, 0.1) is 32.0 Å². The van der Waals surface area contributed by atoms with Gasteiger partial charge in [-0.2, -0.15) is 0 Å². The first-order valence-electron chi connectivity index (χ1n) is 15.5. The normalized spacial score (nSPS) is 11.4. The molecule has 6 aromatic rings. The van der Waals surface area contributed by atoms with Crippen molar-refractivity contribution >= 4 is 66.4 Å². The van der Waals surface area contributed by atoms with Gasteiger partial charge in [0.2, 0.25) is 0 Å². The molecule has 0 saturated carbocycles. The summed E-state index contributed by atoms with van der Waals surface area (Å²) in [5.74, 6) is 0. The molecule has 0 radical (unpaired) electrons. The molecule has 0 saturated heterocycles. The third-order valence-electron chi connectivity index (χ3n) is 8.08. The Labute approximate surface area is 268 Å². The van der Waals surface area contributed by atoms with Crippen molar-refractivity contribution in [1.29, 1.82) is 0 Å². The van der Waals surface area contributed by atoms with Gasteiger partial charge in [0.15, 0.2) is 5.43 Å². The molecular formula is C34H34N8O5. The van der Waals surface area contributed by atoms with Crippen molar-refractivity contribution in [1.82, 2.24) is 20.6 Å². The molecule has 0 fully saturated rings. The fraction of sp³-hybridized carbons (Fsp3) is 0.235. The molecule has 2 heterocycles. The Balaban J connectivity index is 0.950. The summed E-state index contributed by atoms with van der Waals surface area (Å²) in [6.07, 6.45) is 1.61. The standard InChI is InChI=1S/C34H34N8O5/c43-34-23-9-2-4-11-25(23)40-33-29(42(46)47)15-14-26(31(33)34)37-18-6-16-35-20-21-36-17-7-19-38-32-22-8-1-3-10-24(22)39-27-12-5-13-28(30(27)32)41(44)45/h1-5,8-15,35-37H,6-7,16-21H2,(H,38,39)(H,40,43). The number of nitro groups is 2. The second-order valence-corrected chi connectivity index (χ2v) is 11.1. The van der Waals surface area contributed by atoms with Crippen LogP contribution in [0.5, 0.6) is 0 Å². The molecule has 13 heteroatoms. The fourth-order valence-electron chi connectivity index (χ4n) is 5.86.